The van der Waals surface area contributed by atoms with Crippen LogP contribution in [-0.2, 0) is 4.43 Å². The fourth-order valence-electron chi connectivity index (χ4n) is 2.40. The van der Waals surface area contributed by atoms with E-state index in [4.69, 9.17) is 4.43 Å². The van der Waals surface area contributed by atoms with Crippen molar-refractivity contribution in [3.05, 3.63) is 35.9 Å². The lowest BCUT2D eigenvalue weighted by Crippen LogP contribution is -2.35. The average molecular weight is 292 g/mol. The number of benzene rings is 1. The van der Waals surface area contributed by atoms with Crippen molar-refractivity contribution in [3.63, 3.8) is 0 Å². The molecule has 0 spiro atoms. The Morgan fingerprint density at radius 2 is 1.70 bits per heavy atom. The van der Waals surface area contributed by atoms with Gasteiger partial charge in [-0.2, -0.15) is 0 Å². The van der Waals surface area contributed by atoms with Crippen molar-refractivity contribution in [1.29, 1.82) is 0 Å². The molecular formula is C18H31OSi. The van der Waals surface area contributed by atoms with Gasteiger partial charge in [0.15, 0.2) is 0 Å². The maximum absolute atomic E-state index is 6.44. The minimum atomic E-state index is -0.813. The molecule has 0 fully saturated rings. The van der Waals surface area contributed by atoms with Gasteiger partial charge in [0, 0.05) is 11.1 Å². The lowest BCUT2D eigenvalue weighted by atomic mass is 10.2. The second-order valence-electron chi connectivity index (χ2n) is 6.62. The van der Waals surface area contributed by atoms with Crippen molar-refractivity contribution in [2.45, 2.75) is 77.5 Å². The highest BCUT2D eigenvalue weighted by Gasteiger charge is 2.27. The predicted molar refractivity (Wildman–Crippen MR) is 90.4 cm³/mol. The summed E-state index contributed by atoms with van der Waals surface area (Å²) < 4.78 is 6.44. The van der Waals surface area contributed by atoms with Gasteiger partial charge in [-0.15, -0.1) is 0 Å². The van der Waals surface area contributed by atoms with E-state index in [1.807, 2.05) is 0 Å². The van der Waals surface area contributed by atoms with Crippen LogP contribution in [0.15, 0.2) is 30.3 Å². The molecule has 0 aliphatic rings. The van der Waals surface area contributed by atoms with E-state index in [1.165, 1.54) is 37.3 Å². The van der Waals surface area contributed by atoms with Crippen molar-refractivity contribution in [1.82, 2.24) is 0 Å². The number of hydrogen-bond donors (Lipinski definition) is 0. The molecular weight excluding hydrogens is 260 g/mol. The van der Waals surface area contributed by atoms with Crippen LogP contribution < -0.4 is 0 Å². The summed E-state index contributed by atoms with van der Waals surface area (Å²) in [5.41, 5.74) is 1.96. The van der Waals surface area contributed by atoms with Crippen molar-refractivity contribution in [2.24, 2.45) is 0 Å². The Morgan fingerprint density at radius 3 is 2.25 bits per heavy atom. The summed E-state index contributed by atoms with van der Waals surface area (Å²) in [5, 5.41) is 0. The first-order valence-corrected chi connectivity index (χ1v) is 9.73. The summed E-state index contributed by atoms with van der Waals surface area (Å²) in [6, 6.07) is 12.1. The molecule has 20 heavy (non-hydrogen) atoms. The second kappa shape index (κ2) is 8.63. The number of rotatable bonds is 8. The molecule has 0 heterocycles. The zero-order valence-corrected chi connectivity index (χ0v) is 14.9. The Bertz CT molecular complexity index is 355. The highest BCUT2D eigenvalue weighted by Crippen LogP contribution is 2.26. The number of hydrogen-bond acceptors (Lipinski definition) is 1. The van der Waals surface area contributed by atoms with Crippen LogP contribution in [0.2, 0.25) is 6.04 Å². The highest BCUT2D eigenvalue weighted by molar-refractivity contribution is 6.53. The van der Waals surface area contributed by atoms with E-state index in [9.17, 15) is 0 Å². The molecule has 0 aliphatic carbocycles. The van der Waals surface area contributed by atoms with Crippen LogP contribution in [0.4, 0.5) is 0 Å². The van der Waals surface area contributed by atoms with E-state index in [0.717, 1.165) is 0 Å². The topological polar surface area (TPSA) is 9.23 Å². The van der Waals surface area contributed by atoms with Gasteiger partial charge in [-0.1, -0.05) is 69.9 Å². The van der Waals surface area contributed by atoms with Crippen molar-refractivity contribution >= 4 is 9.04 Å². The molecule has 0 saturated carbocycles. The first kappa shape index (κ1) is 17.4. The summed E-state index contributed by atoms with van der Waals surface area (Å²) >= 11 is 0. The molecule has 1 radical (unpaired) electrons. The Kier molecular flexibility index (Phi) is 7.53. The Hall–Kier alpha value is -0.603. The van der Waals surface area contributed by atoms with Gasteiger partial charge in [0.25, 0.3) is 0 Å². The van der Waals surface area contributed by atoms with E-state index in [-0.39, 0.29) is 5.60 Å². The molecule has 1 atom stereocenters. The lowest BCUT2D eigenvalue weighted by Gasteiger charge is -2.30. The van der Waals surface area contributed by atoms with E-state index in [1.54, 1.807) is 0 Å². The summed E-state index contributed by atoms with van der Waals surface area (Å²) in [6.45, 7) is 11.2. The average Bonchev–Trinajstić information content (AvgIpc) is 2.41. The van der Waals surface area contributed by atoms with Gasteiger partial charge < -0.3 is 4.43 Å². The predicted octanol–water partition coefficient (Wildman–Crippen LogP) is 5.72. The molecule has 113 valence electrons. The van der Waals surface area contributed by atoms with E-state index in [0.29, 0.717) is 5.54 Å². The maximum Gasteiger partial charge on any atom is 0.219 e. The molecule has 0 amide bonds. The third kappa shape index (κ3) is 6.71. The molecule has 0 bridgehead atoms. The first-order valence-electron chi connectivity index (χ1n) is 8.03. The summed E-state index contributed by atoms with van der Waals surface area (Å²) in [7, 11) is -0.813. The summed E-state index contributed by atoms with van der Waals surface area (Å²) in [5.74, 6) is 0. The van der Waals surface area contributed by atoms with Gasteiger partial charge in [-0.25, -0.2) is 0 Å². The van der Waals surface area contributed by atoms with Crippen molar-refractivity contribution < 1.29 is 4.43 Å². The Morgan fingerprint density at radius 1 is 1.05 bits per heavy atom. The molecule has 0 unspecified atom stereocenters. The van der Waals surface area contributed by atoms with Gasteiger partial charge in [0.2, 0.25) is 9.04 Å². The zero-order chi connectivity index (χ0) is 15.0. The monoisotopic (exact) mass is 291 g/mol. The third-order valence-corrected chi connectivity index (χ3v) is 6.52. The van der Waals surface area contributed by atoms with E-state index in [2.05, 4.69) is 65.0 Å². The molecule has 1 aromatic carbocycles. The van der Waals surface area contributed by atoms with Gasteiger partial charge in [0.05, 0.1) is 0 Å². The van der Waals surface area contributed by atoms with Crippen LogP contribution in [0.1, 0.15) is 71.4 Å². The lowest BCUT2D eigenvalue weighted by molar-refractivity contribution is 0.124. The van der Waals surface area contributed by atoms with Crippen LogP contribution in [0.25, 0.3) is 0 Å². The van der Waals surface area contributed by atoms with Gasteiger partial charge in [-0.3, -0.25) is 0 Å². The van der Waals surface area contributed by atoms with E-state index < -0.39 is 9.04 Å². The van der Waals surface area contributed by atoms with Gasteiger partial charge in [0.1, 0.15) is 0 Å². The summed E-state index contributed by atoms with van der Waals surface area (Å²) in [6.07, 6.45) is 5.32. The standard InChI is InChI=1S/C18H31OSi/c1-6-7-8-12-15-20(19-18(3,4)5)16(2)17-13-10-9-11-14-17/h9-11,13-14,16H,6-8,12,15H2,1-5H3/t16-/m0/s1. The normalized spacial score (nSPS) is 13.7. The number of unbranched alkanes of at least 4 members (excludes halogenated alkanes) is 3. The first-order chi connectivity index (χ1) is 9.44. The zero-order valence-electron chi connectivity index (χ0n) is 13.9. The Labute approximate surface area is 127 Å². The largest absolute Gasteiger partial charge is 0.411 e. The third-order valence-electron chi connectivity index (χ3n) is 3.50. The molecule has 0 aromatic heterocycles. The molecule has 0 aliphatic heterocycles. The molecule has 2 heteroatoms. The fraction of sp³-hybridized carbons (Fsp3) is 0.667. The smallest absolute Gasteiger partial charge is 0.219 e. The molecule has 1 nitrogen and oxygen atoms in total. The molecule has 1 rings (SSSR count). The molecule has 1 aromatic rings. The Balaban J connectivity index is 2.66. The van der Waals surface area contributed by atoms with Crippen LogP contribution in [-0.4, -0.2) is 14.6 Å². The van der Waals surface area contributed by atoms with Crippen molar-refractivity contribution in [2.75, 3.05) is 0 Å². The molecule has 0 N–H and O–H groups in total. The maximum atomic E-state index is 6.44. The SMILES string of the molecule is CCCCCC[Si](OC(C)(C)C)[C@@H](C)c1ccccc1. The minimum absolute atomic E-state index is 0.0257. The minimum Gasteiger partial charge on any atom is -0.411 e. The second-order valence-corrected chi connectivity index (χ2v) is 9.13. The van der Waals surface area contributed by atoms with Crippen LogP contribution in [0.3, 0.4) is 0 Å². The van der Waals surface area contributed by atoms with Crippen LogP contribution in [0.5, 0.6) is 0 Å². The molecule has 0 saturated heterocycles. The highest BCUT2D eigenvalue weighted by atomic mass is 28.3. The fourth-order valence-corrected chi connectivity index (χ4v) is 5.06. The van der Waals surface area contributed by atoms with E-state index >= 15 is 0 Å². The van der Waals surface area contributed by atoms with Crippen LogP contribution in [0, 0.1) is 0 Å². The van der Waals surface area contributed by atoms with Crippen LogP contribution >= 0.6 is 0 Å². The summed E-state index contributed by atoms with van der Waals surface area (Å²) in [4.78, 5) is 0. The van der Waals surface area contributed by atoms with Gasteiger partial charge >= 0.3 is 0 Å². The van der Waals surface area contributed by atoms with Gasteiger partial charge in [-0.05, 0) is 32.4 Å². The quantitative estimate of drug-likeness (QED) is 0.440. The van der Waals surface area contributed by atoms with Crippen molar-refractivity contribution in [3.8, 4) is 0 Å².